The lowest BCUT2D eigenvalue weighted by molar-refractivity contribution is -0.640. The first kappa shape index (κ1) is 48.3. The topological polar surface area (TPSA) is 201 Å². The Morgan fingerprint density at radius 2 is 0.769 bits per heavy atom. The molecule has 0 atom stereocenters. The van der Waals surface area contributed by atoms with Crippen LogP contribution in [0.2, 0.25) is 0 Å². The van der Waals surface area contributed by atoms with Gasteiger partial charge in [-0.1, -0.05) is 29.5 Å². The first-order chi connectivity index (χ1) is 59.1. The van der Waals surface area contributed by atoms with E-state index in [-0.39, 0.29) is 11.3 Å². The molecule has 0 aliphatic carbocycles. The predicted octanol–water partition coefficient (Wildman–Crippen LogP) is 11.3. The van der Waals surface area contributed by atoms with Gasteiger partial charge in [0.05, 0.1) is 144 Å². The molecule has 24 nitrogen and oxygen atoms in total. The maximum Gasteiger partial charge on any atom is 0.340 e. The van der Waals surface area contributed by atoms with Gasteiger partial charge in [0.15, 0.2) is 22.1 Å². The van der Waals surface area contributed by atoms with Crippen molar-refractivity contribution in [2.24, 2.45) is 49.0 Å². The first-order valence-corrected chi connectivity index (χ1v) is 35.5. The van der Waals surface area contributed by atoms with Crippen molar-refractivity contribution in [2.75, 3.05) is 0 Å². The zero-order chi connectivity index (χ0) is 84.6. The average molecular weight is 1450 g/mol. The summed E-state index contributed by atoms with van der Waals surface area (Å²) in [5.41, 5.74) is 19.2. The zero-order valence-corrected chi connectivity index (χ0v) is 58.2. The van der Waals surface area contributed by atoms with Crippen LogP contribution >= 0.6 is 11.3 Å². The highest BCUT2D eigenvalue weighted by Gasteiger charge is 2.41. The highest BCUT2D eigenvalue weighted by molar-refractivity contribution is 7.24. The molecule has 26 rings (SSSR count). The van der Waals surface area contributed by atoms with E-state index in [9.17, 15) is 0 Å². The van der Waals surface area contributed by atoms with Gasteiger partial charge in [-0.2, -0.15) is 4.57 Å². The molecule has 108 heavy (non-hydrogen) atoms. The summed E-state index contributed by atoms with van der Waals surface area (Å²) < 4.78 is 150. The normalized spacial score (nSPS) is 15.6. The second-order valence-corrected chi connectivity index (χ2v) is 28.0. The molecule has 25 heteroatoms. The maximum absolute atomic E-state index is 8.34. The number of nitrogens with zero attached hydrogens (tertiary/aromatic N) is 23. The Morgan fingerprint density at radius 3 is 1.28 bits per heavy atom. The zero-order valence-electron chi connectivity index (χ0n) is 72.3. The molecule has 20 aromatic heterocycles. The number of rotatable bonds is 1. The van der Waals surface area contributed by atoms with Gasteiger partial charge < -0.3 is 4.42 Å². The third-order valence-electron chi connectivity index (χ3n) is 21.4. The fraction of sp³-hybridized carbons (Fsp3) is 0.145. The van der Waals surface area contributed by atoms with Crippen LogP contribution in [-0.2, 0) is 81.7 Å². The summed E-state index contributed by atoms with van der Waals surface area (Å²) in [6.07, 6.45) is 26.0. The predicted molar refractivity (Wildman–Crippen MR) is 411 cm³/mol. The summed E-state index contributed by atoms with van der Waals surface area (Å²) in [6.45, 7) is -8.96. The lowest BCUT2D eigenvalue weighted by atomic mass is 10.2. The van der Waals surface area contributed by atoms with Crippen LogP contribution in [0.15, 0.2) is 219 Å². The number of aryl methyl sites for hydroxylation is 7. The van der Waals surface area contributed by atoms with Crippen molar-refractivity contribution < 1.29 is 47.8 Å². The number of imidazole rings is 5. The van der Waals surface area contributed by atoms with E-state index >= 15 is 0 Å². The molecule has 21 aromatic rings. The average Bonchev–Trinajstić information content (AvgIpc) is 2.16. The molecule has 0 fully saturated rings. The highest BCUT2D eigenvalue weighted by atomic mass is 32.1. The minimum Gasteiger partial charge on any atom is -0.400 e. The summed E-state index contributed by atoms with van der Waals surface area (Å²) in [5.74, 6) is 3.64. The monoisotopic (exact) mass is 1450 g/mol. The molecule has 0 N–H and O–H groups in total. The Labute approximate surface area is 638 Å². The van der Waals surface area contributed by atoms with Gasteiger partial charge in [-0.15, -0.1) is 0 Å². The summed E-state index contributed by atoms with van der Waals surface area (Å²) in [5, 5.41) is 4.55. The van der Waals surface area contributed by atoms with E-state index in [2.05, 4.69) is 87.3 Å². The van der Waals surface area contributed by atoms with Crippen molar-refractivity contribution in [3.63, 3.8) is 0 Å². The van der Waals surface area contributed by atoms with E-state index in [1.54, 1.807) is 91.6 Å². The number of hydrogen-bond donors (Lipinski definition) is 0. The quantitative estimate of drug-likeness (QED) is 0.142. The molecule has 0 amide bonds. The van der Waals surface area contributed by atoms with Crippen LogP contribution in [0.1, 0.15) is 48.4 Å². The first-order valence-electron chi connectivity index (χ1n) is 42.2. The molecule has 0 spiro atoms. The number of para-hydroxylation sites is 1. The largest absolute Gasteiger partial charge is 0.400 e. The van der Waals surface area contributed by atoms with Crippen LogP contribution in [0.25, 0.3) is 172 Å². The Bertz CT molecular complexity index is 8050. The van der Waals surface area contributed by atoms with Crippen molar-refractivity contribution in [1.82, 2.24) is 86.4 Å². The number of hydrogen-bond acceptors (Lipinski definition) is 12. The van der Waals surface area contributed by atoms with Gasteiger partial charge in [0.25, 0.3) is 28.6 Å². The number of benzene rings is 1. The van der Waals surface area contributed by atoms with Crippen molar-refractivity contribution >= 4 is 121 Å². The lowest BCUT2D eigenvalue weighted by Gasteiger charge is -2.02. The number of pyridine rings is 10. The standard InChI is InChI=1S/C21H16N5.2C16H14N5.C15H11N4O.C15H11N4S/c1-24-20-17-12-22-11-9-14(17)13-25(20)18-16-8-5-10-23-19(16)26(21(18)24)15-6-3-2-4-7-15;2*1-19-14-11(4-3-6-18-14)13-16(19)20(2)15-12-8-17-7-5-10(12)9-21(13)15;2*1-18-14-11-7-16-6-4-9(11)8-19(14)12-10-3-2-5-17-13(10)20-15(12)18/h2-12H,13H2,1H3;2*3-8H,9H2,1-2H3;2*2-7H,8H2,1H3/q5*+1/i1D3;1D3,2D3;2D3;1D3;. The van der Waals surface area contributed by atoms with Gasteiger partial charge in [-0.05, 0) is 103 Å². The molecule has 5 aliphatic rings. The van der Waals surface area contributed by atoms with Crippen LogP contribution in [0.3, 0.4) is 0 Å². The molecule has 0 saturated carbocycles. The number of thiophene rings is 1. The van der Waals surface area contributed by atoms with Gasteiger partial charge >= 0.3 is 5.71 Å². The molecule has 0 radical (unpaired) electrons. The molecule has 25 heterocycles. The van der Waals surface area contributed by atoms with E-state index < -0.39 is 34.9 Å². The second-order valence-electron chi connectivity index (χ2n) is 27.0. The van der Waals surface area contributed by atoms with Gasteiger partial charge in [-0.25, -0.2) is 79.7 Å². The number of aromatic nitrogens is 23. The molecule has 0 bridgehead atoms. The van der Waals surface area contributed by atoms with Crippen molar-refractivity contribution in [2.45, 2.75) is 32.7 Å². The Kier molecular flexibility index (Phi) is 10.3. The SMILES string of the molecule is C[n+]1c2n(c3c4cccnc4sc31)Cc1ccncc1-2.[2H]C([2H])([2H])[n+]1c2n(c3c4cccnc4n(-c4ccccc4)c31)Cc1ccncc1-2.[2H]C([2H])([2H])[n+]1c2n(c3c4cccnc4n(C)c31)Cc1ccncc1-2.[2H]C([2H])([2H])[n+]1c2n(c3c4cccnc4oc31)Cc1ccncc1-2.[2H]C([2H])([2H])n1c2ncccc2c2c1[n+](C([2H])([2H])[2H])c1n2Cc2ccncc2-1. The Hall–Kier alpha value is -13.8. The van der Waals surface area contributed by atoms with Crippen LogP contribution < -0.4 is 22.8 Å². The minimum atomic E-state index is -2.58. The molecule has 520 valence electrons. The summed E-state index contributed by atoms with van der Waals surface area (Å²) in [6, 6.07) is 38.7. The van der Waals surface area contributed by atoms with E-state index in [0.29, 0.717) is 88.7 Å². The van der Waals surface area contributed by atoms with Crippen molar-refractivity contribution in [3.05, 3.63) is 242 Å². The molecule has 1 aromatic carbocycles. The highest BCUT2D eigenvalue weighted by Crippen LogP contribution is 2.43. The Morgan fingerprint density at radius 1 is 0.370 bits per heavy atom. The molecule has 5 aliphatic heterocycles. The van der Waals surface area contributed by atoms with Crippen LogP contribution in [-0.4, -0.2) is 86.4 Å². The van der Waals surface area contributed by atoms with E-state index in [1.165, 1.54) is 52.6 Å². The fourth-order valence-corrected chi connectivity index (χ4v) is 18.0. The fourth-order valence-electron chi connectivity index (χ4n) is 16.9. The second kappa shape index (κ2) is 23.1. The lowest BCUT2D eigenvalue weighted by Crippen LogP contribution is -2.31. The smallest absolute Gasteiger partial charge is 0.340 e. The third kappa shape index (κ3) is 8.51. The van der Waals surface area contributed by atoms with Crippen molar-refractivity contribution in [3.8, 4) is 62.6 Å². The molecular formula is C83H66N23OS+5. The number of furan rings is 1. The van der Waals surface area contributed by atoms with Gasteiger partial charge in [-0.3, -0.25) is 24.9 Å². The maximum atomic E-state index is 8.34. The van der Waals surface area contributed by atoms with Crippen LogP contribution in [0, 0.1) is 0 Å². The minimum absolute atomic E-state index is 0.119. The third-order valence-corrected chi connectivity index (χ3v) is 22.6. The van der Waals surface area contributed by atoms with Gasteiger partial charge in [0.2, 0.25) is 50.5 Å². The van der Waals surface area contributed by atoms with E-state index in [4.69, 9.17) is 25.0 Å². The summed E-state index contributed by atoms with van der Waals surface area (Å²) >= 11 is 1.76. The molecule has 0 saturated heterocycles. The molecular weight excluding hydrogens is 1370 g/mol. The molecule has 0 unspecified atom stereocenters. The summed E-state index contributed by atoms with van der Waals surface area (Å²) in [4.78, 5) is 45.3. The van der Waals surface area contributed by atoms with E-state index in [1.807, 2.05) is 141 Å². The summed E-state index contributed by atoms with van der Waals surface area (Å²) in [7, 11) is 3.99. The Balaban J connectivity index is 0.0000000921. The number of fused-ring (bicyclic) bond motifs is 35. The van der Waals surface area contributed by atoms with Crippen molar-refractivity contribution in [1.29, 1.82) is 0 Å². The van der Waals surface area contributed by atoms with Gasteiger partial charge in [0.1, 0.15) is 23.6 Å². The van der Waals surface area contributed by atoms with Crippen LogP contribution in [0.4, 0.5) is 0 Å². The van der Waals surface area contributed by atoms with Crippen LogP contribution in [0.5, 0.6) is 0 Å². The van der Waals surface area contributed by atoms with E-state index in [0.717, 1.165) is 109 Å². The van der Waals surface area contributed by atoms with Gasteiger partial charge in [0, 0.05) is 121 Å².